The standard InChI is InChI=1S/C10H8N6O2/c17-9-7-8(12-10(18)13-9)16(15-14-7)5-6-2-1-3-11-4-6/h1-4H,5H2,(H2,12,13,17,18). The number of H-pyrrole nitrogens is 2. The molecule has 0 aromatic carbocycles. The Labute approximate surface area is 99.3 Å². The van der Waals surface area contributed by atoms with E-state index in [1.165, 1.54) is 4.68 Å². The Kier molecular flexibility index (Phi) is 2.26. The highest BCUT2D eigenvalue weighted by Gasteiger charge is 2.09. The van der Waals surface area contributed by atoms with Gasteiger partial charge < -0.3 is 0 Å². The zero-order valence-corrected chi connectivity index (χ0v) is 9.12. The number of hydrogen-bond acceptors (Lipinski definition) is 5. The van der Waals surface area contributed by atoms with Gasteiger partial charge in [-0.3, -0.25) is 19.7 Å². The highest BCUT2D eigenvalue weighted by Crippen LogP contribution is 2.04. The van der Waals surface area contributed by atoms with E-state index in [1.54, 1.807) is 18.5 Å². The quantitative estimate of drug-likeness (QED) is 0.616. The van der Waals surface area contributed by atoms with Gasteiger partial charge in [-0.15, -0.1) is 5.10 Å². The first-order chi connectivity index (χ1) is 8.74. The number of nitrogens with one attached hydrogen (secondary N) is 2. The van der Waals surface area contributed by atoms with E-state index in [2.05, 4.69) is 25.3 Å². The molecule has 0 saturated heterocycles. The molecule has 8 nitrogen and oxygen atoms in total. The molecule has 3 aromatic rings. The molecule has 0 fully saturated rings. The molecule has 3 rings (SSSR count). The van der Waals surface area contributed by atoms with E-state index in [4.69, 9.17) is 0 Å². The Balaban J connectivity index is 2.14. The van der Waals surface area contributed by atoms with Gasteiger partial charge in [-0.25, -0.2) is 9.48 Å². The number of hydrogen-bond donors (Lipinski definition) is 2. The average Bonchev–Trinajstić information content (AvgIpc) is 2.74. The highest BCUT2D eigenvalue weighted by molar-refractivity contribution is 5.67. The van der Waals surface area contributed by atoms with Crippen LogP contribution in [0.15, 0.2) is 34.1 Å². The molecule has 0 aliphatic rings. The van der Waals surface area contributed by atoms with Crippen molar-refractivity contribution in [1.29, 1.82) is 0 Å². The minimum absolute atomic E-state index is 0.110. The second-order valence-electron chi connectivity index (χ2n) is 3.71. The summed E-state index contributed by atoms with van der Waals surface area (Å²) < 4.78 is 1.45. The molecule has 0 spiro atoms. The summed E-state index contributed by atoms with van der Waals surface area (Å²) in [5.41, 5.74) is 0.171. The molecular formula is C10H8N6O2. The smallest absolute Gasteiger partial charge is 0.290 e. The van der Waals surface area contributed by atoms with Gasteiger partial charge in [0, 0.05) is 12.4 Å². The van der Waals surface area contributed by atoms with Crippen molar-refractivity contribution < 1.29 is 0 Å². The van der Waals surface area contributed by atoms with Gasteiger partial charge in [-0.1, -0.05) is 11.3 Å². The predicted octanol–water partition coefficient (Wildman–Crippen LogP) is -0.749. The van der Waals surface area contributed by atoms with Crippen molar-refractivity contribution in [1.82, 2.24) is 29.9 Å². The molecule has 0 atom stereocenters. The van der Waals surface area contributed by atoms with Gasteiger partial charge in [0.25, 0.3) is 5.56 Å². The van der Waals surface area contributed by atoms with Crippen LogP contribution in [0.1, 0.15) is 5.56 Å². The summed E-state index contributed by atoms with van der Waals surface area (Å²) in [6, 6.07) is 3.66. The summed E-state index contributed by atoms with van der Waals surface area (Å²) in [5.74, 6) is 0. The van der Waals surface area contributed by atoms with Crippen molar-refractivity contribution in [2.45, 2.75) is 6.54 Å². The van der Waals surface area contributed by atoms with Gasteiger partial charge in [0.05, 0.1) is 6.54 Å². The number of aromatic amines is 2. The maximum absolute atomic E-state index is 11.5. The topological polar surface area (TPSA) is 109 Å². The van der Waals surface area contributed by atoms with Crippen molar-refractivity contribution in [2.24, 2.45) is 0 Å². The lowest BCUT2D eigenvalue weighted by Gasteiger charge is -2.00. The molecule has 0 radical (unpaired) electrons. The maximum atomic E-state index is 11.5. The second-order valence-corrected chi connectivity index (χ2v) is 3.71. The van der Waals surface area contributed by atoms with Crippen LogP contribution in [0.2, 0.25) is 0 Å². The molecule has 0 saturated carbocycles. The summed E-state index contributed by atoms with van der Waals surface area (Å²) >= 11 is 0. The van der Waals surface area contributed by atoms with E-state index in [9.17, 15) is 9.59 Å². The van der Waals surface area contributed by atoms with E-state index >= 15 is 0 Å². The highest BCUT2D eigenvalue weighted by atomic mass is 16.2. The molecule has 3 heterocycles. The van der Waals surface area contributed by atoms with Gasteiger partial charge in [-0.2, -0.15) is 0 Å². The molecule has 0 unspecified atom stereocenters. The third-order valence-corrected chi connectivity index (χ3v) is 2.46. The van der Waals surface area contributed by atoms with Crippen molar-refractivity contribution in [3.63, 3.8) is 0 Å². The minimum Gasteiger partial charge on any atom is -0.290 e. The van der Waals surface area contributed by atoms with Crippen LogP contribution in [0.25, 0.3) is 11.2 Å². The molecule has 18 heavy (non-hydrogen) atoms. The van der Waals surface area contributed by atoms with E-state index < -0.39 is 11.2 Å². The predicted molar refractivity (Wildman–Crippen MR) is 62.1 cm³/mol. The number of fused-ring (bicyclic) bond motifs is 1. The summed E-state index contributed by atoms with van der Waals surface area (Å²) in [4.78, 5) is 31.3. The SMILES string of the molecule is O=c1[nH]c(=O)c2nnn(Cc3cccnc3)c2[nH]1. The summed E-state index contributed by atoms with van der Waals surface area (Å²) in [5, 5.41) is 7.58. The fraction of sp³-hybridized carbons (Fsp3) is 0.100. The minimum atomic E-state index is -0.581. The van der Waals surface area contributed by atoms with Crippen LogP contribution in [-0.2, 0) is 6.54 Å². The maximum Gasteiger partial charge on any atom is 0.327 e. The third-order valence-electron chi connectivity index (χ3n) is 2.46. The summed E-state index contributed by atoms with van der Waals surface area (Å²) in [6.45, 7) is 0.379. The number of rotatable bonds is 2. The molecule has 90 valence electrons. The molecule has 0 amide bonds. The van der Waals surface area contributed by atoms with Gasteiger partial charge in [0.15, 0.2) is 11.2 Å². The van der Waals surface area contributed by atoms with Crippen molar-refractivity contribution in [3.8, 4) is 0 Å². The molecule has 3 aromatic heterocycles. The molecule has 8 heteroatoms. The normalized spacial score (nSPS) is 10.9. The van der Waals surface area contributed by atoms with E-state index in [0.29, 0.717) is 12.2 Å². The number of pyridine rings is 1. The van der Waals surface area contributed by atoms with Gasteiger partial charge in [-0.05, 0) is 11.6 Å². The monoisotopic (exact) mass is 244 g/mol. The molecular weight excluding hydrogens is 236 g/mol. The average molecular weight is 244 g/mol. The van der Waals surface area contributed by atoms with E-state index in [1.807, 2.05) is 6.07 Å². The Morgan fingerprint density at radius 2 is 2.17 bits per heavy atom. The Morgan fingerprint density at radius 3 is 2.94 bits per heavy atom. The van der Waals surface area contributed by atoms with Crippen LogP contribution >= 0.6 is 0 Å². The van der Waals surface area contributed by atoms with Crippen molar-refractivity contribution in [3.05, 3.63) is 50.9 Å². The largest absolute Gasteiger partial charge is 0.327 e. The molecule has 2 N–H and O–H groups in total. The Hall–Kier alpha value is -2.77. The zero-order valence-electron chi connectivity index (χ0n) is 9.12. The summed E-state index contributed by atoms with van der Waals surface area (Å²) in [7, 11) is 0. The van der Waals surface area contributed by atoms with Crippen LogP contribution in [0.3, 0.4) is 0 Å². The van der Waals surface area contributed by atoms with Crippen LogP contribution in [0.5, 0.6) is 0 Å². The zero-order chi connectivity index (χ0) is 12.5. The first kappa shape index (κ1) is 10.4. The lowest BCUT2D eigenvalue weighted by atomic mass is 10.3. The van der Waals surface area contributed by atoms with Gasteiger partial charge >= 0.3 is 5.69 Å². The van der Waals surface area contributed by atoms with E-state index in [-0.39, 0.29) is 5.52 Å². The van der Waals surface area contributed by atoms with Crippen LogP contribution in [0.4, 0.5) is 0 Å². The van der Waals surface area contributed by atoms with Gasteiger partial charge in [0.2, 0.25) is 0 Å². The third kappa shape index (κ3) is 1.69. The first-order valence-corrected chi connectivity index (χ1v) is 5.19. The lowest BCUT2D eigenvalue weighted by molar-refractivity contribution is 0.661. The summed E-state index contributed by atoms with van der Waals surface area (Å²) in [6.07, 6.45) is 3.34. The second kappa shape index (κ2) is 3.91. The lowest BCUT2D eigenvalue weighted by Crippen LogP contribution is -2.22. The van der Waals surface area contributed by atoms with Crippen molar-refractivity contribution >= 4 is 11.2 Å². The van der Waals surface area contributed by atoms with Gasteiger partial charge in [0.1, 0.15) is 0 Å². The Morgan fingerprint density at radius 1 is 1.28 bits per heavy atom. The Bertz CT molecular complexity index is 800. The molecule has 0 aliphatic heterocycles. The first-order valence-electron chi connectivity index (χ1n) is 5.19. The molecule has 0 bridgehead atoms. The fourth-order valence-corrected chi connectivity index (χ4v) is 1.67. The van der Waals surface area contributed by atoms with Crippen molar-refractivity contribution in [2.75, 3.05) is 0 Å². The van der Waals surface area contributed by atoms with Crippen LogP contribution in [-0.4, -0.2) is 29.9 Å². The fourth-order valence-electron chi connectivity index (χ4n) is 1.67. The van der Waals surface area contributed by atoms with Crippen LogP contribution < -0.4 is 11.2 Å². The molecule has 0 aliphatic carbocycles. The number of nitrogens with zero attached hydrogens (tertiary/aromatic N) is 4. The van der Waals surface area contributed by atoms with E-state index in [0.717, 1.165) is 5.56 Å². The van der Waals surface area contributed by atoms with Crippen LogP contribution in [0, 0.1) is 0 Å². The number of aromatic nitrogens is 6.